The van der Waals surface area contributed by atoms with Crippen LogP contribution in [-0.4, -0.2) is 20.3 Å². The summed E-state index contributed by atoms with van der Waals surface area (Å²) < 4.78 is 5.46. The van der Waals surface area contributed by atoms with Crippen molar-refractivity contribution in [2.24, 2.45) is 5.92 Å². The first-order valence-electron chi connectivity index (χ1n) is 7.44. The summed E-state index contributed by atoms with van der Waals surface area (Å²) in [4.78, 5) is 0. The van der Waals surface area contributed by atoms with Crippen LogP contribution in [0.3, 0.4) is 0 Å². The Morgan fingerprint density at radius 1 is 1.16 bits per heavy atom. The van der Waals surface area contributed by atoms with Crippen LogP contribution in [-0.2, 0) is 4.74 Å². The van der Waals surface area contributed by atoms with Crippen LogP contribution in [0.4, 0.5) is 0 Å². The topological polar surface area (TPSA) is 21.3 Å². The molecule has 0 radical (unpaired) electrons. The third-order valence-electron chi connectivity index (χ3n) is 4.34. The molecule has 2 heteroatoms. The molecule has 19 heavy (non-hydrogen) atoms. The maximum absolute atomic E-state index is 5.46. The van der Waals surface area contributed by atoms with E-state index >= 15 is 0 Å². The highest BCUT2D eigenvalue weighted by Crippen LogP contribution is 2.31. The molecule has 2 rings (SSSR count). The van der Waals surface area contributed by atoms with E-state index in [-0.39, 0.29) is 0 Å². The monoisotopic (exact) mass is 261 g/mol. The van der Waals surface area contributed by atoms with Crippen LogP contribution in [0.2, 0.25) is 0 Å². The minimum atomic E-state index is 0.476. The van der Waals surface area contributed by atoms with Gasteiger partial charge in [-0.3, -0.25) is 0 Å². The molecule has 1 saturated heterocycles. The second kappa shape index (κ2) is 6.53. The number of hydrogen-bond acceptors (Lipinski definition) is 2. The number of benzene rings is 1. The van der Waals surface area contributed by atoms with Crippen LogP contribution in [0, 0.1) is 26.7 Å². The van der Waals surface area contributed by atoms with Gasteiger partial charge >= 0.3 is 0 Å². The zero-order chi connectivity index (χ0) is 13.8. The Balaban J connectivity index is 2.16. The van der Waals surface area contributed by atoms with Gasteiger partial charge in [0.1, 0.15) is 0 Å². The summed E-state index contributed by atoms with van der Waals surface area (Å²) in [5.41, 5.74) is 5.70. The molecule has 1 fully saturated rings. The summed E-state index contributed by atoms with van der Waals surface area (Å²) in [7, 11) is 2.09. The van der Waals surface area contributed by atoms with Crippen molar-refractivity contribution >= 4 is 0 Å². The van der Waals surface area contributed by atoms with E-state index in [1.807, 2.05) is 0 Å². The lowest BCUT2D eigenvalue weighted by atomic mass is 9.85. The van der Waals surface area contributed by atoms with Gasteiger partial charge < -0.3 is 10.1 Å². The molecule has 1 aromatic rings. The number of aryl methyl sites for hydroxylation is 3. The molecule has 1 heterocycles. The Kier molecular flexibility index (Phi) is 5.00. The van der Waals surface area contributed by atoms with Gasteiger partial charge in [0.05, 0.1) is 0 Å². The van der Waals surface area contributed by atoms with Crippen molar-refractivity contribution in [2.45, 2.75) is 46.1 Å². The van der Waals surface area contributed by atoms with Crippen LogP contribution in [0.1, 0.15) is 47.6 Å². The maximum atomic E-state index is 5.46. The molecule has 0 aromatic heterocycles. The Morgan fingerprint density at radius 3 is 2.26 bits per heavy atom. The smallest absolute Gasteiger partial charge is 0.0468 e. The van der Waals surface area contributed by atoms with Gasteiger partial charge in [0, 0.05) is 19.3 Å². The lowest BCUT2D eigenvalue weighted by Crippen LogP contribution is -2.25. The van der Waals surface area contributed by atoms with Crippen molar-refractivity contribution in [3.05, 3.63) is 34.4 Å². The Hall–Kier alpha value is -0.860. The van der Waals surface area contributed by atoms with E-state index in [0.29, 0.717) is 6.04 Å². The first-order valence-corrected chi connectivity index (χ1v) is 7.44. The van der Waals surface area contributed by atoms with E-state index < -0.39 is 0 Å². The molecule has 1 atom stereocenters. The molecule has 2 nitrogen and oxygen atoms in total. The quantitative estimate of drug-likeness (QED) is 0.892. The number of hydrogen-bond donors (Lipinski definition) is 1. The summed E-state index contributed by atoms with van der Waals surface area (Å²) >= 11 is 0. The molecule has 0 aliphatic carbocycles. The van der Waals surface area contributed by atoms with Gasteiger partial charge in [-0.1, -0.05) is 17.7 Å². The van der Waals surface area contributed by atoms with E-state index in [2.05, 4.69) is 45.3 Å². The van der Waals surface area contributed by atoms with Crippen molar-refractivity contribution in [2.75, 3.05) is 20.3 Å². The highest BCUT2D eigenvalue weighted by atomic mass is 16.5. The zero-order valence-electron chi connectivity index (χ0n) is 12.8. The van der Waals surface area contributed by atoms with Crippen molar-refractivity contribution in [3.63, 3.8) is 0 Å². The molecular formula is C17H27NO. The molecule has 106 valence electrons. The second-order valence-electron chi connectivity index (χ2n) is 5.95. The summed E-state index contributed by atoms with van der Waals surface area (Å²) in [6.45, 7) is 8.53. The summed E-state index contributed by atoms with van der Waals surface area (Å²) in [5.74, 6) is 0.798. The van der Waals surface area contributed by atoms with E-state index in [4.69, 9.17) is 4.74 Å². The number of nitrogens with one attached hydrogen (secondary N) is 1. The van der Waals surface area contributed by atoms with Gasteiger partial charge in [-0.05, 0) is 69.7 Å². The fourth-order valence-corrected chi connectivity index (χ4v) is 3.44. The van der Waals surface area contributed by atoms with Gasteiger partial charge in [0.15, 0.2) is 0 Å². The van der Waals surface area contributed by atoms with E-state index in [9.17, 15) is 0 Å². The van der Waals surface area contributed by atoms with Gasteiger partial charge in [-0.25, -0.2) is 0 Å². The minimum Gasteiger partial charge on any atom is -0.381 e. The standard InChI is InChI=1S/C17H27NO/c1-12-9-13(2)17(14(3)10-12)16(18-4)11-15-5-7-19-8-6-15/h9-10,15-16,18H,5-8,11H2,1-4H3. The summed E-state index contributed by atoms with van der Waals surface area (Å²) in [6.07, 6.45) is 3.65. The molecular weight excluding hydrogens is 234 g/mol. The normalized spacial score (nSPS) is 18.5. The van der Waals surface area contributed by atoms with Crippen molar-refractivity contribution in [1.29, 1.82) is 0 Å². The largest absolute Gasteiger partial charge is 0.381 e. The van der Waals surface area contributed by atoms with Crippen LogP contribution < -0.4 is 5.32 Å². The van der Waals surface area contributed by atoms with Gasteiger partial charge in [0.25, 0.3) is 0 Å². The lowest BCUT2D eigenvalue weighted by molar-refractivity contribution is 0.0607. The van der Waals surface area contributed by atoms with Crippen LogP contribution in [0.15, 0.2) is 12.1 Å². The molecule has 1 N–H and O–H groups in total. The third kappa shape index (κ3) is 3.58. The lowest BCUT2D eigenvalue weighted by Gasteiger charge is -2.28. The summed E-state index contributed by atoms with van der Waals surface area (Å²) in [6, 6.07) is 5.08. The second-order valence-corrected chi connectivity index (χ2v) is 5.95. The predicted octanol–water partition coefficient (Wildman–Crippen LogP) is 3.69. The molecule has 0 saturated carbocycles. The number of ether oxygens (including phenoxy) is 1. The Labute approximate surface area is 117 Å². The zero-order valence-corrected chi connectivity index (χ0v) is 12.8. The van der Waals surface area contributed by atoms with Crippen molar-refractivity contribution in [1.82, 2.24) is 5.32 Å². The fraction of sp³-hybridized carbons (Fsp3) is 0.647. The molecule has 1 aliphatic heterocycles. The maximum Gasteiger partial charge on any atom is 0.0468 e. The van der Waals surface area contributed by atoms with Crippen LogP contribution >= 0.6 is 0 Å². The molecule has 0 spiro atoms. The molecule has 1 aromatic carbocycles. The molecule has 1 aliphatic rings. The average molecular weight is 261 g/mol. The van der Waals surface area contributed by atoms with Crippen LogP contribution in [0.5, 0.6) is 0 Å². The highest BCUT2D eigenvalue weighted by Gasteiger charge is 2.21. The molecule has 0 bridgehead atoms. The first kappa shape index (κ1) is 14.5. The van der Waals surface area contributed by atoms with Gasteiger partial charge in [-0.2, -0.15) is 0 Å². The Morgan fingerprint density at radius 2 is 1.74 bits per heavy atom. The van der Waals surface area contributed by atoms with Gasteiger partial charge in [0.2, 0.25) is 0 Å². The van der Waals surface area contributed by atoms with E-state index in [1.165, 1.54) is 41.5 Å². The summed E-state index contributed by atoms with van der Waals surface area (Å²) in [5, 5.41) is 3.53. The van der Waals surface area contributed by atoms with Crippen molar-refractivity contribution in [3.8, 4) is 0 Å². The average Bonchev–Trinajstić information content (AvgIpc) is 2.37. The van der Waals surface area contributed by atoms with E-state index in [0.717, 1.165) is 19.1 Å². The Bertz CT molecular complexity index is 398. The minimum absolute atomic E-state index is 0.476. The SMILES string of the molecule is CNC(CC1CCOCC1)c1c(C)cc(C)cc1C. The van der Waals surface area contributed by atoms with Crippen molar-refractivity contribution < 1.29 is 4.74 Å². The van der Waals surface area contributed by atoms with E-state index in [1.54, 1.807) is 0 Å². The molecule has 0 amide bonds. The highest BCUT2D eigenvalue weighted by molar-refractivity contribution is 5.39. The van der Waals surface area contributed by atoms with Crippen LogP contribution in [0.25, 0.3) is 0 Å². The number of rotatable bonds is 4. The van der Waals surface area contributed by atoms with Gasteiger partial charge in [-0.15, -0.1) is 0 Å². The predicted molar refractivity (Wildman–Crippen MR) is 80.6 cm³/mol. The fourth-order valence-electron chi connectivity index (χ4n) is 3.44. The third-order valence-corrected chi connectivity index (χ3v) is 4.34. The first-order chi connectivity index (χ1) is 9.11. The molecule has 1 unspecified atom stereocenters.